The summed E-state index contributed by atoms with van der Waals surface area (Å²) >= 11 is 0. The molecule has 0 unspecified atom stereocenters. The molecule has 0 aliphatic carbocycles. The predicted octanol–water partition coefficient (Wildman–Crippen LogP) is 4.54. The summed E-state index contributed by atoms with van der Waals surface area (Å²) in [5, 5.41) is 18.4. The fourth-order valence-corrected chi connectivity index (χ4v) is 2.60. The van der Waals surface area contributed by atoms with Gasteiger partial charge in [-0.3, -0.25) is 0 Å². The molecule has 5 nitrogen and oxygen atoms in total. The molecule has 0 saturated heterocycles. The second-order valence-corrected chi connectivity index (χ2v) is 5.26. The van der Waals surface area contributed by atoms with E-state index >= 15 is 0 Å². The van der Waals surface area contributed by atoms with Crippen LogP contribution in [0.2, 0.25) is 0 Å². The molecule has 6 heteroatoms. The molecule has 134 valence electrons. The first-order valence-electron chi connectivity index (χ1n) is 7.77. The van der Waals surface area contributed by atoms with E-state index in [2.05, 4.69) is 18.1 Å². The number of hydrogen-bond acceptors (Lipinski definition) is 5. The predicted molar refractivity (Wildman–Crippen MR) is 102 cm³/mol. The smallest absolute Gasteiger partial charge is 0.172 e. The van der Waals surface area contributed by atoms with Gasteiger partial charge in [0.05, 0.1) is 30.8 Å². The van der Waals surface area contributed by atoms with E-state index in [1.807, 2.05) is 0 Å². The molecule has 0 spiro atoms. The van der Waals surface area contributed by atoms with Crippen LogP contribution in [0.15, 0.2) is 55.2 Å². The molecule has 0 saturated carbocycles. The molecule has 0 bridgehead atoms. The molecule has 2 rings (SSSR count). The fourth-order valence-electron chi connectivity index (χ4n) is 2.60. The Bertz CT molecular complexity index is 1050. The van der Waals surface area contributed by atoms with Gasteiger partial charge in [0.1, 0.15) is 23.7 Å². The summed E-state index contributed by atoms with van der Waals surface area (Å²) in [6.45, 7) is 7.40. The maximum atomic E-state index is 14.8. The largest absolute Gasteiger partial charge is 0.496 e. The van der Waals surface area contributed by atoms with Crippen molar-refractivity contribution in [3.05, 3.63) is 72.2 Å². The molecule has 1 aromatic heterocycles. The molecule has 27 heavy (non-hydrogen) atoms. The lowest BCUT2D eigenvalue weighted by atomic mass is 10.0. The maximum absolute atomic E-state index is 14.8. The van der Waals surface area contributed by atoms with Crippen LogP contribution in [-0.2, 0) is 4.74 Å². The lowest BCUT2D eigenvalue weighted by molar-refractivity contribution is 0.368. The zero-order valence-corrected chi connectivity index (χ0v) is 14.9. The first-order chi connectivity index (χ1) is 13.0. The summed E-state index contributed by atoms with van der Waals surface area (Å²) in [6.07, 6.45) is 4.90. The number of nitrogens with zero attached hydrogens (tertiary/aromatic N) is 3. The van der Waals surface area contributed by atoms with Gasteiger partial charge in [0, 0.05) is 11.6 Å². The van der Waals surface area contributed by atoms with Crippen molar-refractivity contribution in [1.29, 1.82) is 10.5 Å². The molecule has 0 amide bonds. The number of nitriles is 2. The fraction of sp³-hybridized carbons (Fsp3) is 0.0952. The van der Waals surface area contributed by atoms with Crippen molar-refractivity contribution in [3.8, 4) is 17.9 Å². The quantitative estimate of drug-likeness (QED) is 0.429. The van der Waals surface area contributed by atoms with Crippen molar-refractivity contribution in [2.45, 2.75) is 0 Å². The van der Waals surface area contributed by atoms with Gasteiger partial charge < -0.3 is 9.47 Å². The van der Waals surface area contributed by atoms with Crippen molar-refractivity contribution in [2.24, 2.45) is 0 Å². The van der Waals surface area contributed by atoms with E-state index in [-0.39, 0.29) is 27.8 Å². The van der Waals surface area contributed by atoms with E-state index in [1.165, 1.54) is 26.4 Å². The second-order valence-electron chi connectivity index (χ2n) is 5.26. The number of allylic oxidation sites excluding steroid dienone is 5. The topological polar surface area (TPSA) is 78.9 Å². The van der Waals surface area contributed by atoms with Crippen LogP contribution in [0.25, 0.3) is 22.2 Å². The third kappa shape index (κ3) is 3.70. The van der Waals surface area contributed by atoms with Gasteiger partial charge in [-0.05, 0) is 17.7 Å². The van der Waals surface area contributed by atoms with Gasteiger partial charge in [0.2, 0.25) is 0 Å². The van der Waals surface area contributed by atoms with E-state index in [0.29, 0.717) is 17.0 Å². The van der Waals surface area contributed by atoms with Crippen LogP contribution in [0.1, 0.15) is 11.3 Å². The highest BCUT2D eigenvalue weighted by Gasteiger charge is 2.17. The minimum absolute atomic E-state index is 0.0300. The van der Waals surface area contributed by atoms with E-state index in [1.54, 1.807) is 36.4 Å². The van der Waals surface area contributed by atoms with Crippen molar-refractivity contribution in [1.82, 2.24) is 4.98 Å². The summed E-state index contributed by atoms with van der Waals surface area (Å²) < 4.78 is 25.3. The van der Waals surface area contributed by atoms with Gasteiger partial charge in [-0.2, -0.15) is 10.5 Å². The average Bonchev–Trinajstić information content (AvgIpc) is 2.68. The van der Waals surface area contributed by atoms with Gasteiger partial charge in [0.25, 0.3) is 0 Å². The Labute approximate surface area is 156 Å². The summed E-state index contributed by atoms with van der Waals surface area (Å²) in [5.74, 6) is -0.354. The Morgan fingerprint density at radius 1 is 1.19 bits per heavy atom. The number of pyridine rings is 1. The highest BCUT2D eigenvalue weighted by Crippen LogP contribution is 2.33. The molecule has 2 aromatic rings. The molecular weight excluding hydrogens is 345 g/mol. The number of ether oxygens (including phenoxy) is 2. The highest BCUT2D eigenvalue weighted by molar-refractivity contribution is 5.91. The zero-order chi connectivity index (χ0) is 20.0. The molecule has 0 radical (unpaired) electrons. The number of rotatable bonds is 6. The molecule has 1 heterocycles. The standard InChI is InChI=1S/C21H16FN3O2/c1-5-7-13(6-2)17-10-19(26-3)20-16(22)8-14(9-18(20)25-17)21(27-4)15(11-23)12-24/h5-10H,1-2H2,3-4H3/b13-7+. The number of aromatic nitrogens is 1. The van der Waals surface area contributed by atoms with Crippen LogP contribution in [0.5, 0.6) is 5.75 Å². The lowest BCUT2D eigenvalue weighted by Crippen LogP contribution is -1.99. The van der Waals surface area contributed by atoms with Crippen molar-refractivity contribution >= 4 is 22.2 Å². The van der Waals surface area contributed by atoms with Crippen molar-refractivity contribution in [2.75, 3.05) is 14.2 Å². The van der Waals surface area contributed by atoms with Gasteiger partial charge in [-0.1, -0.05) is 31.4 Å². The van der Waals surface area contributed by atoms with E-state index in [4.69, 9.17) is 20.0 Å². The Balaban J connectivity index is 2.89. The van der Waals surface area contributed by atoms with Crippen LogP contribution in [0.4, 0.5) is 4.39 Å². The molecule has 0 aliphatic rings. The number of hydrogen-bond donors (Lipinski definition) is 0. The molecule has 1 aromatic carbocycles. The summed E-state index contributed by atoms with van der Waals surface area (Å²) in [6, 6.07) is 7.79. The Morgan fingerprint density at radius 3 is 2.41 bits per heavy atom. The summed E-state index contributed by atoms with van der Waals surface area (Å²) in [5.41, 5.74) is 1.42. The van der Waals surface area contributed by atoms with E-state index < -0.39 is 5.82 Å². The van der Waals surface area contributed by atoms with E-state index in [0.717, 1.165) is 0 Å². The van der Waals surface area contributed by atoms with Crippen LogP contribution >= 0.6 is 0 Å². The zero-order valence-electron chi connectivity index (χ0n) is 14.9. The second kappa shape index (κ2) is 8.46. The van der Waals surface area contributed by atoms with Crippen LogP contribution in [-0.4, -0.2) is 19.2 Å². The molecule has 0 fully saturated rings. The average molecular weight is 361 g/mol. The minimum Gasteiger partial charge on any atom is -0.496 e. The van der Waals surface area contributed by atoms with Gasteiger partial charge in [-0.15, -0.1) is 0 Å². The minimum atomic E-state index is -0.615. The van der Waals surface area contributed by atoms with Gasteiger partial charge in [0.15, 0.2) is 11.3 Å². The van der Waals surface area contributed by atoms with Gasteiger partial charge in [-0.25, -0.2) is 9.37 Å². The molecule has 0 aliphatic heterocycles. The van der Waals surface area contributed by atoms with Gasteiger partial charge >= 0.3 is 0 Å². The molecule has 0 atom stereocenters. The maximum Gasteiger partial charge on any atom is 0.172 e. The van der Waals surface area contributed by atoms with E-state index in [9.17, 15) is 4.39 Å². The monoisotopic (exact) mass is 361 g/mol. The number of benzene rings is 1. The van der Waals surface area contributed by atoms with Crippen LogP contribution in [0.3, 0.4) is 0 Å². The SMILES string of the molecule is C=C/C=C(\C=C)c1cc(OC)c2c(F)cc(C(OC)=C(C#N)C#N)cc2n1. The number of halogens is 1. The Kier molecular flexibility index (Phi) is 6.09. The third-order valence-electron chi connectivity index (χ3n) is 3.77. The summed E-state index contributed by atoms with van der Waals surface area (Å²) in [7, 11) is 2.74. The third-order valence-corrected chi connectivity index (χ3v) is 3.77. The van der Waals surface area contributed by atoms with Crippen molar-refractivity contribution < 1.29 is 13.9 Å². The first kappa shape index (κ1) is 19.4. The lowest BCUT2D eigenvalue weighted by Gasteiger charge is -2.13. The van der Waals surface area contributed by atoms with Crippen LogP contribution < -0.4 is 4.74 Å². The number of methoxy groups -OCH3 is 2. The van der Waals surface area contributed by atoms with Crippen molar-refractivity contribution in [3.63, 3.8) is 0 Å². The summed E-state index contributed by atoms with van der Waals surface area (Å²) in [4.78, 5) is 4.47. The number of fused-ring (bicyclic) bond motifs is 1. The molecule has 0 N–H and O–H groups in total. The Hall–Kier alpha value is -3.90. The Morgan fingerprint density at radius 2 is 1.89 bits per heavy atom. The first-order valence-corrected chi connectivity index (χ1v) is 7.77. The normalized spacial score (nSPS) is 10.5. The van der Waals surface area contributed by atoms with Crippen LogP contribution in [0, 0.1) is 28.5 Å². The molecular formula is C21H16FN3O2. The highest BCUT2D eigenvalue weighted by atomic mass is 19.1.